The highest BCUT2D eigenvalue weighted by molar-refractivity contribution is 7.88. The summed E-state index contributed by atoms with van der Waals surface area (Å²) in [4.78, 5) is 14.5. The van der Waals surface area contributed by atoms with Crippen LogP contribution in [0.25, 0.3) is 0 Å². The molecule has 1 aliphatic rings. The third-order valence-electron chi connectivity index (χ3n) is 5.05. The van der Waals surface area contributed by atoms with Crippen LogP contribution >= 0.6 is 23.2 Å². The lowest BCUT2D eigenvalue weighted by atomic mass is 10.0. The molecule has 0 aliphatic carbocycles. The summed E-state index contributed by atoms with van der Waals surface area (Å²) in [5.74, 6) is -0.447. The number of piperazine rings is 1. The van der Waals surface area contributed by atoms with E-state index in [0.29, 0.717) is 0 Å². The quantitative estimate of drug-likeness (QED) is 0.607. The van der Waals surface area contributed by atoms with Crippen LogP contribution in [-0.2, 0) is 10.0 Å². The van der Waals surface area contributed by atoms with Gasteiger partial charge in [-0.25, -0.2) is 12.8 Å². The molecule has 0 saturated carbocycles. The number of carbonyl (C=O) groups is 1. The first kappa shape index (κ1) is 23.8. The highest BCUT2D eigenvalue weighted by Crippen LogP contribution is 2.39. The highest BCUT2D eigenvalue weighted by Gasteiger charge is 2.28. The summed E-state index contributed by atoms with van der Waals surface area (Å²) < 4.78 is 44.5. The van der Waals surface area contributed by atoms with E-state index in [2.05, 4.69) is 0 Å². The Morgan fingerprint density at radius 3 is 2.32 bits per heavy atom. The minimum atomic E-state index is -3.31. The lowest BCUT2D eigenvalue weighted by Gasteiger charge is -2.33. The zero-order chi connectivity index (χ0) is 22.9. The van der Waals surface area contributed by atoms with Gasteiger partial charge in [0.1, 0.15) is 11.6 Å². The van der Waals surface area contributed by atoms with Crippen LogP contribution in [0.15, 0.2) is 30.3 Å². The fourth-order valence-corrected chi connectivity index (χ4v) is 4.63. The van der Waals surface area contributed by atoms with Gasteiger partial charge in [-0.2, -0.15) is 4.31 Å². The number of hydrogen-bond donors (Lipinski definition) is 0. The third-order valence-corrected chi connectivity index (χ3v) is 7.03. The van der Waals surface area contributed by atoms with Crippen LogP contribution < -0.4 is 4.74 Å². The maximum atomic E-state index is 14.0. The normalized spacial score (nSPS) is 15.4. The molecule has 2 aromatic carbocycles. The summed E-state index contributed by atoms with van der Waals surface area (Å²) >= 11 is 12.7. The Hall–Kier alpha value is -1.87. The molecule has 3 rings (SSSR count). The smallest absolute Gasteiger partial charge is 0.255 e. The van der Waals surface area contributed by atoms with E-state index in [1.807, 2.05) is 13.8 Å². The van der Waals surface area contributed by atoms with E-state index in [0.717, 1.165) is 11.8 Å². The molecule has 0 aromatic heterocycles. The minimum absolute atomic E-state index is 0.0124. The van der Waals surface area contributed by atoms with Crippen molar-refractivity contribution in [2.75, 3.05) is 32.4 Å². The van der Waals surface area contributed by atoms with Gasteiger partial charge in [-0.3, -0.25) is 4.79 Å². The van der Waals surface area contributed by atoms with Crippen molar-refractivity contribution in [2.24, 2.45) is 0 Å². The molecular weight excluding hydrogens is 466 g/mol. The summed E-state index contributed by atoms with van der Waals surface area (Å²) in [7, 11) is -3.31. The van der Waals surface area contributed by atoms with Crippen LogP contribution in [0.2, 0.25) is 10.0 Å². The molecule has 1 heterocycles. The number of nitrogens with zero attached hydrogens (tertiary/aromatic N) is 2. The van der Waals surface area contributed by atoms with Gasteiger partial charge in [-0.1, -0.05) is 37.0 Å². The number of ether oxygens (including phenoxy) is 1. The molecule has 1 fully saturated rings. The van der Waals surface area contributed by atoms with Crippen molar-refractivity contribution in [3.05, 3.63) is 57.3 Å². The predicted molar refractivity (Wildman–Crippen MR) is 119 cm³/mol. The molecule has 1 aliphatic heterocycles. The molecule has 0 spiro atoms. The molecular formula is C21H23Cl2FN2O4S. The largest absolute Gasteiger partial charge is 0.454 e. The van der Waals surface area contributed by atoms with Gasteiger partial charge in [0.2, 0.25) is 10.0 Å². The van der Waals surface area contributed by atoms with Crippen LogP contribution in [-0.4, -0.2) is 56.0 Å². The van der Waals surface area contributed by atoms with Gasteiger partial charge >= 0.3 is 0 Å². The van der Waals surface area contributed by atoms with Gasteiger partial charge in [0.15, 0.2) is 5.75 Å². The molecule has 0 N–H and O–H groups in total. The lowest BCUT2D eigenvalue weighted by molar-refractivity contribution is 0.0698. The minimum Gasteiger partial charge on any atom is -0.454 e. The van der Waals surface area contributed by atoms with Gasteiger partial charge in [0.25, 0.3) is 5.91 Å². The molecule has 0 radical (unpaired) electrons. The Labute approximate surface area is 191 Å². The summed E-state index contributed by atoms with van der Waals surface area (Å²) in [6.07, 6.45) is 1.14. The van der Waals surface area contributed by atoms with Gasteiger partial charge in [0, 0.05) is 32.2 Å². The fraction of sp³-hybridized carbons (Fsp3) is 0.381. The molecule has 168 valence electrons. The average Bonchev–Trinajstić information content (AvgIpc) is 2.69. The SMILES string of the molecule is CC(C)c1cc(F)cc(Oc2c(Cl)ccc(C(=O)N3CCN(S(C)(=O)=O)CC3)c2Cl)c1. The summed E-state index contributed by atoms with van der Waals surface area (Å²) in [5, 5.41) is 0.192. The van der Waals surface area contributed by atoms with E-state index in [1.165, 1.54) is 33.5 Å². The van der Waals surface area contributed by atoms with Gasteiger partial charge < -0.3 is 9.64 Å². The summed E-state index contributed by atoms with van der Waals surface area (Å²) in [6, 6.07) is 7.33. The monoisotopic (exact) mass is 488 g/mol. The standard InChI is InChI=1S/C21H23Cl2FN2O4S/c1-13(2)14-10-15(24)12-16(11-14)30-20-18(22)5-4-17(19(20)23)21(27)25-6-8-26(9-7-25)31(3,28)29/h4-5,10-13H,6-9H2,1-3H3. The lowest BCUT2D eigenvalue weighted by Crippen LogP contribution is -2.50. The van der Waals surface area contributed by atoms with Crippen molar-refractivity contribution >= 4 is 39.1 Å². The first-order valence-corrected chi connectivity index (χ1v) is 12.3. The average molecular weight is 489 g/mol. The zero-order valence-corrected chi connectivity index (χ0v) is 19.7. The number of sulfonamides is 1. The number of carbonyl (C=O) groups excluding carboxylic acids is 1. The number of rotatable bonds is 5. The Morgan fingerprint density at radius 1 is 1.10 bits per heavy atom. The van der Waals surface area contributed by atoms with Crippen molar-refractivity contribution in [1.82, 2.24) is 9.21 Å². The maximum Gasteiger partial charge on any atom is 0.255 e. The topological polar surface area (TPSA) is 66.9 Å². The second kappa shape index (κ2) is 9.32. The van der Waals surface area contributed by atoms with E-state index < -0.39 is 15.8 Å². The molecule has 1 amide bonds. The number of benzene rings is 2. The van der Waals surface area contributed by atoms with Crippen LogP contribution in [0, 0.1) is 5.82 Å². The van der Waals surface area contributed by atoms with E-state index >= 15 is 0 Å². The highest BCUT2D eigenvalue weighted by atomic mass is 35.5. The summed E-state index contributed by atoms with van der Waals surface area (Å²) in [5.41, 5.74) is 0.924. The molecule has 0 bridgehead atoms. The van der Waals surface area contributed by atoms with Crippen LogP contribution in [0.5, 0.6) is 11.5 Å². The predicted octanol–water partition coefficient (Wildman–Crippen LogP) is 4.77. The zero-order valence-electron chi connectivity index (χ0n) is 17.4. The van der Waals surface area contributed by atoms with E-state index in [1.54, 1.807) is 6.07 Å². The molecule has 0 atom stereocenters. The molecule has 0 unspecified atom stereocenters. The number of halogens is 3. The van der Waals surface area contributed by atoms with Crippen LogP contribution in [0.3, 0.4) is 0 Å². The van der Waals surface area contributed by atoms with E-state index in [-0.39, 0.29) is 65.1 Å². The van der Waals surface area contributed by atoms with Gasteiger partial charge in [-0.15, -0.1) is 0 Å². The van der Waals surface area contributed by atoms with Crippen molar-refractivity contribution in [1.29, 1.82) is 0 Å². The molecule has 31 heavy (non-hydrogen) atoms. The van der Waals surface area contributed by atoms with Gasteiger partial charge in [-0.05, 0) is 35.7 Å². The van der Waals surface area contributed by atoms with Crippen LogP contribution in [0.1, 0.15) is 35.7 Å². The van der Waals surface area contributed by atoms with Crippen molar-refractivity contribution < 1.29 is 22.3 Å². The van der Waals surface area contributed by atoms with Crippen molar-refractivity contribution in [3.63, 3.8) is 0 Å². The molecule has 6 nitrogen and oxygen atoms in total. The molecule has 2 aromatic rings. The van der Waals surface area contributed by atoms with E-state index in [4.69, 9.17) is 27.9 Å². The summed E-state index contributed by atoms with van der Waals surface area (Å²) in [6.45, 7) is 4.76. The Kier molecular flexibility index (Phi) is 7.15. The van der Waals surface area contributed by atoms with E-state index in [9.17, 15) is 17.6 Å². The number of amides is 1. The number of hydrogen-bond acceptors (Lipinski definition) is 4. The first-order chi connectivity index (χ1) is 14.5. The first-order valence-electron chi connectivity index (χ1n) is 9.68. The third kappa shape index (κ3) is 5.49. The second-order valence-corrected chi connectivity index (χ2v) is 10.4. The molecule has 1 saturated heterocycles. The van der Waals surface area contributed by atoms with Crippen molar-refractivity contribution in [2.45, 2.75) is 19.8 Å². The Bertz CT molecular complexity index is 1100. The van der Waals surface area contributed by atoms with Crippen LogP contribution in [0.4, 0.5) is 4.39 Å². The Balaban J connectivity index is 1.85. The maximum absolute atomic E-state index is 14.0. The molecule has 10 heteroatoms. The second-order valence-electron chi connectivity index (χ2n) is 7.67. The Morgan fingerprint density at radius 2 is 1.74 bits per heavy atom. The fourth-order valence-electron chi connectivity index (χ4n) is 3.28. The van der Waals surface area contributed by atoms with Crippen molar-refractivity contribution in [3.8, 4) is 11.5 Å². The van der Waals surface area contributed by atoms with Gasteiger partial charge in [0.05, 0.1) is 21.9 Å².